The van der Waals surface area contributed by atoms with Crippen molar-refractivity contribution in [1.82, 2.24) is 0 Å². The monoisotopic (exact) mass is 244 g/mol. The van der Waals surface area contributed by atoms with Crippen molar-refractivity contribution in [3.63, 3.8) is 0 Å². The number of ether oxygens (including phenoxy) is 1. The van der Waals surface area contributed by atoms with Crippen LogP contribution < -0.4 is 4.74 Å². The number of aliphatic hydroxyl groups is 1. The number of hydrogen-bond acceptors (Lipinski definition) is 3. The molecule has 0 amide bonds. The van der Waals surface area contributed by atoms with Gasteiger partial charge in [0.2, 0.25) is 0 Å². The molecule has 2 N–H and O–H groups in total. The largest absolute Gasteiger partial charge is 0.495 e. The van der Waals surface area contributed by atoms with Gasteiger partial charge in [-0.3, -0.25) is 0 Å². The Morgan fingerprint density at radius 1 is 1.56 bits per heavy atom. The number of carboxylic acid groups (broad SMARTS) is 1. The first-order valence-corrected chi connectivity index (χ1v) is 5.16. The summed E-state index contributed by atoms with van der Waals surface area (Å²) in [7, 11) is 1.38. The second kappa shape index (κ2) is 5.18. The van der Waals surface area contributed by atoms with E-state index in [4.69, 9.17) is 21.4 Å². The van der Waals surface area contributed by atoms with Crippen molar-refractivity contribution in [2.75, 3.05) is 7.11 Å². The van der Waals surface area contributed by atoms with Crippen LogP contribution >= 0.6 is 11.6 Å². The fourth-order valence-corrected chi connectivity index (χ4v) is 1.76. The molecule has 1 unspecified atom stereocenters. The molecule has 1 atom stereocenters. The summed E-state index contributed by atoms with van der Waals surface area (Å²) in [6.07, 6.45) is -0.928. The average Bonchev–Trinajstić information content (AvgIpc) is 2.26. The Kier molecular flexibility index (Phi) is 4.15. The third-order valence-electron chi connectivity index (χ3n) is 2.27. The van der Waals surface area contributed by atoms with Gasteiger partial charge in [-0.2, -0.15) is 0 Å². The molecule has 0 aliphatic rings. The van der Waals surface area contributed by atoms with Crippen LogP contribution in [-0.2, 0) is 11.2 Å². The smallest absolute Gasteiger partial charge is 0.337 e. The molecule has 0 aromatic heterocycles. The van der Waals surface area contributed by atoms with Crippen molar-refractivity contribution >= 4 is 17.6 Å². The number of aryl methyl sites for hydroxylation is 1. The second-order valence-corrected chi connectivity index (χ2v) is 3.70. The topological polar surface area (TPSA) is 66.8 Å². The molecule has 1 aromatic rings. The standard InChI is InChI=1S/C11H13ClO4/c1-3-6-4-7(9(13)11(14)15)10(16-2)8(12)5-6/h4-5,9,13H,3H2,1-2H3,(H,14,15). The van der Waals surface area contributed by atoms with Crippen LogP contribution in [0.4, 0.5) is 0 Å². The van der Waals surface area contributed by atoms with E-state index < -0.39 is 12.1 Å². The lowest BCUT2D eigenvalue weighted by atomic mass is 10.0. The van der Waals surface area contributed by atoms with Crippen molar-refractivity contribution in [2.24, 2.45) is 0 Å². The molecule has 88 valence electrons. The SMILES string of the molecule is CCc1cc(Cl)c(OC)c(C(O)C(=O)O)c1. The minimum absolute atomic E-state index is 0.180. The van der Waals surface area contributed by atoms with Crippen molar-refractivity contribution in [2.45, 2.75) is 19.4 Å². The van der Waals surface area contributed by atoms with E-state index in [1.165, 1.54) is 7.11 Å². The number of hydrogen-bond donors (Lipinski definition) is 2. The Morgan fingerprint density at radius 3 is 2.62 bits per heavy atom. The van der Waals surface area contributed by atoms with E-state index in [1.807, 2.05) is 6.92 Å². The van der Waals surface area contributed by atoms with Crippen molar-refractivity contribution < 1.29 is 19.7 Å². The number of aliphatic carboxylic acids is 1. The molecule has 0 heterocycles. The van der Waals surface area contributed by atoms with Crippen molar-refractivity contribution in [1.29, 1.82) is 0 Å². The van der Waals surface area contributed by atoms with Crippen LogP contribution in [0, 0.1) is 0 Å². The van der Waals surface area contributed by atoms with Crippen molar-refractivity contribution in [3.05, 3.63) is 28.3 Å². The van der Waals surface area contributed by atoms with Crippen LogP contribution in [0.25, 0.3) is 0 Å². The Morgan fingerprint density at radius 2 is 2.19 bits per heavy atom. The Hall–Kier alpha value is -1.26. The summed E-state index contributed by atoms with van der Waals surface area (Å²) in [5.41, 5.74) is 1.03. The molecule has 0 bridgehead atoms. The summed E-state index contributed by atoms with van der Waals surface area (Å²) >= 11 is 5.93. The number of carboxylic acids is 1. The summed E-state index contributed by atoms with van der Waals surface area (Å²) in [5, 5.41) is 18.6. The molecule has 0 saturated carbocycles. The molecule has 1 aromatic carbocycles. The molecule has 5 heteroatoms. The first-order chi connectivity index (χ1) is 7.51. The highest BCUT2D eigenvalue weighted by Crippen LogP contribution is 2.34. The summed E-state index contributed by atoms with van der Waals surface area (Å²) in [6.45, 7) is 1.91. The maximum Gasteiger partial charge on any atom is 0.337 e. The van der Waals surface area contributed by atoms with Gasteiger partial charge in [0.15, 0.2) is 6.10 Å². The molecule has 0 fully saturated rings. The predicted molar refractivity (Wildman–Crippen MR) is 60.0 cm³/mol. The summed E-state index contributed by atoms with van der Waals surface area (Å²) in [5.74, 6) is -1.13. The molecule has 0 saturated heterocycles. The molecular weight excluding hydrogens is 232 g/mol. The van der Waals surface area contributed by atoms with Crippen molar-refractivity contribution in [3.8, 4) is 5.75 Å². The number of benzene rings is 1. The molecule has 0 spiro atoms. The fourth-order valence-electron chi connectivity index (χ4n) is 1.43. The molecule has 0 radical (unpaired) electrons. The van der Waals surface area contributed by atoms with Gasteiger partial charge in [0.25, 0.3) is 0 Å². The number of halogens is 1. The Bertz CT molecular complexity index is 403. The van der Waals surface area contributed by atoms with E-state index in [0.29, 0.717) is 11.4 Å². The zero-order valence-electron chi connectivity index (χ0n) is 9.03. The van der Waals surface area contributed by atoms with Crippen LogP contribution in [0.2, 0.25) is 5.02 Å². The quantitative estimate of drug-likeness (QED) is 0.851. The van der Waals surface area contributed by atoms with E-state index in [9.17, 15) is 9.90 Å². The lowest BCUT2D eigenvalue weighted by Gasteiger charge is -2.14. The third-order valence-corrected chi connectivity index (χ3v) is 2.55. The lowest BCUT2D eigenvalue weighted by Crippen LogP contribution is -2.12. The number of aliphatic hydroxyl groups excluding tert-OH is 1. The Balaban J connectivity index is 3.33. The zero-order valence-corrected chi connectivity index (χ0v) is 9.78. The van der Waals surface area contributed by atoms with Gasteiger partial charge in [0.1, 0.15) is 5.75 Å². The first-order valence-electron chi connectivity index (χ1n) is 4.78. The van der Waals surface area contributed by atoms with Crippen LogP contribution in [0.15, 0.2) is 12.1 Å². The van der Waals surface area contributed by atoms with Gasteiger partial charge in [0, 0.05) is 5.56 Å². The maximum absolute atomic E-state index is 10.7. The van der Waals surface area contributed by atoms with E-state index in [1.54, 1.807) is 12.1 Å². The second-order valence-electron chi connectivity index (χ2n) is 3.29. The summed E-state index contributed by atoms with van der Waals surface area (Å²) in [4.78, 5) is 10.7. The molecule has 4 nitrogen and oxygen atoms in total. The summed E-state index contributed by atoms with van der Waals surface area (Å²) in [6, 6.07) is 3.28. The maximum atomic E-state index is 10.7. The zero-order chi connectivity index (χ0) is 12.3. The molecule has 16 heavy (non-hydrogen) atoms. The van der Waals surface area contributed by atoms with Gasteiger partial charge in [-0.05, 0) is 24.1 Å². The number of methoxy groups -OCH3 is 1. The third kappa shape index (κ3) is 2.46. The van der Waals surface area contributed by atoms with E-state index in [0.717, 1.165) is 5.56 Å². The lowest BCUT2D eigenvalue weighted by molar-refractivity contribution is -0.147. The van der Waals surface area contributed by atoms with Gasteiger partial charge in [-0.1, -0.05) is 18.5 Å². The predicted octanol–water partition coefficient (Wildman–Crippen LogP) is 2.03. The average molecular weight is 245 g/mol. The number of rotatable bonds is 4. The van der Waals surface area contributed by atoms with Crippen LogP contribution in [0.5, 0.6) is 5.75 Å². The molecule has 0 aliphatic heterocycles. The Labute approximate surface area is 98.4 Å². The van der Waals surface area contributed by atoms with Gasteiger partial charge >= 0.3 is 5.97 Å². The van der Waals surface area contributed by atoms with Gasteiger partial charge < -0.3 is 14.9 Å². The number of carbonyl (C=O) groups is 1. The van der Waals surface area contributed by atoms with Gasteiger partial charge in [-0.15, -0.1) is 0 Å². The highest BCUT2D eigenvalue weighted by Gasteiger charge is 2.22. The minimum atomic E-state index is -1.63. The van der Waals surface area contributed by atoms with Gasteiger partial charge in [-0.25, -0.2) is 4.79 Å². The highest BCUT2D eigenvalue weighted by atomic mass is 35.5. The molecule has 0 aliphatic carbocycles. The molecular formula is C11H13ClO4. The van der Waals surface area contributed by atoms with Crippen LogP contribution in [0.3, 0.4) is 0 Å². The van der Waals surface area contributed by atoms with Gasteiger partial charge in [0.05, 0.1) is 12.1 Å². The molecule has 1 rings (SSSR count). The van der Waals surface area contributed by atoms with E-state index >= 15 is 0 Å². The van der Waals surface area contributed by atoms with E-state index in [2.05, 4.69) is 0 Å². The van der Waals surface area contributed by atoms with Crippen LogP contribution in [-0.4, -0.2) is 23.3 Å². The van der Waals surface area contributed by atoms with Crippen LogP contribution in [0.1, 0.15) is 24.2 Å². The normalized spacial score (nSPS) is 12.2. The first kappa shape index (κ1) is 12.8. The fraction of sp³-hybridized carbons (Fsp3) is 0.364. The minimum Gasteiger partial charge on any atom is -0.495 e. The summed E-state index contributed by atoms with van der Waals surface area (Å²) < 4.78 is 4.99. The highest BCUT2D eigenvalue weighted by molar-refractivity contribution is 6.32. The van der Waals surface area contributed by atoms with E-state index in [-0.39, 0.29) is 11.3 Å².